The summed E-state index contributed by atoms with van der Waals surface area (Å²) in [6, 6.07) is 4.52. The number of hydrogen-bond donors (Lipinski definition) is 1. The minimum atomic E-state index is -0.220. The number of benzene rings is 1. The molecule has 1 aromatic carbocycles. The lowest BCUT2D eigenvalue weighted by Crippen LogP contribution is -2.15. The van der Waals surface area contributed by atoms with Gasteiger partial charge in [0.1, 0.15) is 5.82 Å². The molecule has 1 saturated carbocycles. The van der Waals surface area contributed by atoms with E-state index in [0.29, 0.717) is 11.6 Å². The predicted molar refractivity (Wildman–Crippen MR) is 74.3 cm³/mol. The summed E-state index contributed by atoms with van der Waals surface area (Å²) in [6.45, 7) is 1.64. The highest BCUT2D eigenvalue weighted by atomic mass is 35.5. The number of nitrogens with one attached hydrogen (secondary N) is 1. The Labute approximate surface area is 114 Å². The maximum absolute atomic E-state index is 13.0. The fraction of sp³-hybridized carbons (Fsp3) is 0.600. The van der Waals surface area contributed by atoms with Gasteiger partial charge in [0.25, 0.3) is 0 Å². The smallest absolute Gasteiger partial charge is 0.123 e. The van der Waals surface area contributed by atoms with Crippen LogP contribution in [0.5, 0.6) is 0 Å². The Morgan fingerprint density at radius 2 is 2.06 bits per heavy atom. The van der Waals surface area contributed by atoms with Gasteiger partial charge in [-0.15, -0.1) is 0 Å². The predicted octanol–water partition coefficient (Wildman–Crippen LogP) is 4.54. The normalized spacial score (nSPS) is 16.3. The van der Waals surface area contributed by atoms with Gasteiger partial charge in [-0.3, -0.25) is 0 Å². The lowest BCUT2D eigenvalue weighted by molar-refractivity contribution is 0.470. The van der Waals surface area contributed by atoms with Crippen LogP contribution in [0.15, 0.2) is 18.2 Å². The maximum Gasteiger partial charge on any atom is 0.123 e. The molecule has 1 aliphatic carbocycles. The van der Waals surface area contributed by atoms with Gasteiger partial charge in [0, 0.05) is 11.6 Å². The van der Waals surface area contributed by atoms with E-state index in [1.54, 1.807) is 6.07 Å². The third-order valence-corrected chi connectivity index (χ3v) is 4.13. The van der Waals surface area contributed by atoms with Crippen molar-refractivity contribution in [2.45, 2.75) is 45.1 Å². The minimum absolute atomic E-state index is 0.220. The monoisotopic (exact) mass is 269 g/mol. The van der Waals surface area contributed by atoms with E-state index in [1.165, 1.54) is 50.7 Å². The first-order chi connectivity index (χ1) is 8.75. The highest BCUT2D eigenvalue weighted by Crippen LogP contribution is 2.28. The first-order valence-corrected chi connectivity index (χ1v) is 7.28. The summed E-state index contributed by atoms with van der Waals surface area (Å²) in [7, 11) is 0. The lowest BCUT2D eigenvalue weighted by Gasteiger charge is -2.10. The van der Waals surface area contributed by atoms with Gasteiger partial charge < -0.3 is 5.32 Å². The average molecular weight is 270 g/mol. The van der Waals surface area contributed by atoms with Crippen molar-refractivity contribution in [1.82, 2.24) is 5.32 Å². The maximum atomic E-state index is 13.0. The summed E-state index contributed by atoms with van der Waals surface area (Å²) in [6.07, 6.45) is 8.18. The van der Waals surface area contributed by atoms with E-state index in [-0.39, 0.29) is 5.82 Å². The zero-order chi connectivity index (χ0) is 12.8. The molecule has 0 bridgehead atoms. The molecule has 0 radical (unpaired) electrons. The highest BCUT2D eigenvalue weighted by molar-refractivity contribution is 6.31. The van der Waals surface area contributed by atoms with E-state index in [4.69, 9.17) is 11.6 Å². The van der Waals surface area contributed by atoms with E-state index >= 15 is 0 Å². The summed E-state index contributed by atoms with van der Waals surface area (Å²) in [4.78, 5) is 0. The van der Waals surface area contributed by atoms with Crippen LogP contribution in [0.4, 0.5) is 4.39 Å². The molecule has 1 aliphatic rings. The van der Waals surface area contributed by atoms with Crippen molar-refractivity contribution in [3.63, 3.8) is 0 Å². The molecule has 0 spiro atoms. The topological polar surface area (TPSA) is 12.0 Å². The summed E-state index contributed by atoms with van der Waals surface area (Å²) in [5.74, 6) is 0.728. The van der Waals surface area contributed by atoms with E-state index in [0.717, 1.165) is 18.0 Å². The van der Waals surface area contributed by atoms with Crippen LogP contribution in [0.25, 0.3) is 0 Å². The molecule has 0 aromatic heterocycles. The Bertz CT molecular complexity index is 375. The molecule has 0 atom stereocenters. The third kappa shape index (κ3) is 4.25. The van der Waals surface area contributed by atoms with Gasteiger partial charge in [0.2, 0.25) is 0 Å². The van der Waals surface area contributed by atoms with Gasteiger partial charge in [0.05, 0.1) is 0 Å². The van der Waals surface area contributed by atoms with Crippen LogP contribution in [0, 0.1) is 11.7 Å². The summed E-state index contributed by atoms with van der Waals surface area (Å²) in [5, 5.41) is 3.98. The Morgan fingerprint density at radius 3 is 2.83 bits per heavy atom. The largest absolute Gasteiger partial charge is 0.313 e. The Balaban J connectivity index is 1.64. The molecule has 0 amide bonds. The third-order valence-electron chi connectivity index (χ3n) is 3.76. The molecule has 0 unspecified atom stereocenters. The van der Waals surface area contributed by atoms with Gasteiger partial charge in [-0.05, 0) is 49.1 Å². The van der Waals surface area contributed by atoms with Crippen molar-refractivity contribution in [1.29, 1.82) is 0 Å². The van der Waals surface area contributed by atoms with Crippen molar-refractivity contribution in [3.8, 4) is 0 Å². The number of halogens is 2. The second-order valence-electron chi connectivity index (χ2n) is 5.21. The van der Waals surface area contributed by atoms with Gasteiger partial charge in [0.15, 0.2) is 0 Å². The van der Waals surface area contributed by atoms with Crippen LogP contribution in [-0.2, 0) is 6.54 Å². The fourth-order valence-corrected chi connectivity index (χ4v) is 2.90. The van der Waals surface area contributed by atoms with Crippen LogP contribution in [0.3, 0.4) is 0 Å². The first-order valence-electron chi connectivity index (χ1n) is 6.90. The Kier molecular flexibility index (Phi) is 5.45. The van der Waals surface area contributed by atoms with Gasteiger partial charge in [-0.2, -0.15) is 0 Å². The summed E-state index contributed by atoms with van der Waals surface area (Å²) < 4.78 is 13.0. The Morgan fingerprint density at radius 1 is 1.28 bits per heavy atom. The van der Waals surface area contributed by atoms with Gasteiger partial charge in [-0.1, -0.05) is 37.3 Å². The fourth-order valence-electron chi connectivity index (χ4n) is 2.72. The standard InChI is InChI=1S/C15H21ClFN/c16-15-8-7-14(17)10-13(15)11-18-9-3-6-12-4-1-2-5-12/h7-8,10,12,18H,1-6,9,11H2. The molecule has 2 rings (SSSR count). The van der Waals surface area contributed by atoms with Gasteiger partial charge in [-0.25, -0.2) is 4.39 Å². The molecule has 0 heterocycles. The second kappa shape index (κ2) is 7.10. The molecule has 18 heavy (non-hydrogen) atoms. The zero-order valence-electron chi connectivity index (χ0n) is 10.7. The van der Waals surface area contributed by atoms with Crippen molar-refractivity contribution < 1.29 is 4.39 Å². The van der Waals surface area contributed by atoms with Crippen molar-refractivity contribution in [2.75, 3.05) is 6.54 Å². The van der Waals surface area contributed by atoms with Gasteiger partial charge >= 0.3 is 0 Å². The van der Waals surface area contributed by atoms with E-state index in [2.05, 4.69) is 5.32 Å². The molecule has 3 heteroatoms. The SMILES string of the molecule is Fc1ccc(Cl)c(CNCCCC2CCCC2)c1. The van der Waals surface area contributed by atoms with E-state index in [1.807, 2.05) is 0 Å². The van der Waals surface area contributed by atoms with Crippen LogP contribution in [0.1, 0.15) is 44.1 Å². The zero-order valence-corrected chi connectivity index (χ0v) is 11.5. The molecule has 100 valence electrons. The van der Waals surface area contributed by atoms with Crippen molar-refractivity contribution in [2.24, 2.45) is 5.92 Å². The van der Waals surface area contributed by atoms with Crippen LogP contribution in [0.2, 0.25) is 5.02 Å². The molecule has 1 N–H and O–H groups in total. The summed E-state index contributed by atoms with van der Waals surface area (Å²) >= 11 is 6.01. The molecule has 1 fully saturated rings. The molecular weight excluding hydrogens is 249 g/mol. The Hall–Kier alpha value is -0.600. The molecule has 0 aliphatic heterocycles. The van der Waals surface area contributed by atoms with Crippen LogP contribution >= 0.6 is 11.6 Å². The average Bonchev–Trinajstić information content (AvgIpc) is 2.86. The lowest BCUT2D eigenvalue weighted by atomic mass is 10.0. The number of rotatable bonds is 6. The van der Waals surface area contributed by atoms with Crippen molar-refractivity contribution >= 4 is 11.6 Å². The summed E-state index contributed by atoms with van der Waals surface area (Å²) in [5.41, 5.74) is 0.845. The molecule has 0 saturated heterocycles. The molecular formula is C15H21ClFN. The van der Waals surface area contributed by atoms with Crippen molar-refractivity contribution in [3.05, 3.63) is 34.6 Å². The first kappa shape index (κ1) is 13.8. The van der Waals surface area contributed by atoms with Crippen LogP contribution in [-0.4, -0.2) is 6.54 Å². The minimum Gasteiger partial charge on any atom is -0.313 e. The van der Waals surface area contributed by atoms with E-state index in [9.17, 15) is 4.39 Å². The molecule has 1 nitrogen and oxygen atoms in total. The molecule has 1 aromatic rings. The number of hydrogen-bond acceptors (Lipinski definition) is 1. The van der Waals surface area contributed by atoms with Crippen LogP contribution < -0.4 is 5.32 Å². The van der Waals surface area contributed by atoms with E-state index < -0.39 is 0 Å². The quantitative estimate of drug-likeness (QED) is 0.748. The second-order valence-corrected chi connectivity index (χ2v) is 5.61. The highest BCUT2D eigenvalue weighted by Gasteiger charge is 2.13.